The number of hydrogen-bond donors (Lipinski definition) is 1. The highest BCUT2D eigenvalue weighted by atomic mass is 16.2. The summed E-state index contributed by atoms with van der Waals surface area (Å²) in [5.41, 5.74) is 5.17. The Labute approximate surface area is 77.4 Å². The van der Waals surface area contributed by atoms with E-state index in [0.717, 1.165) is 12.8 Å². The highest BCUT2D eigenvalue weighted by molar-refractivity contribution is 5.87. The first-order valence-corrected chi connectivity index (χ1v) is 4.36. The van der Waals surface area contributed by atoms with Crippen LogP contribution in [0.25, 0.3) is 0 Å². The predicted octanol–water partition coefficient (Wildman–Crippen LogP) is -0.104. The summed E-state index contributed by atoms with van der Waals surface area (Å²) in [5, 5.41) is 0. The number of carbonyl (C=O) groups excluding carboxylic acids is 2. The normalized spacial score (nSPS) is 22.5. The lowest BCUT2D eigenvalue weighted by molar-refractivity contribution is -0.130. The maximum absolute atomic E-state index is 11.2. The van der Waals surface area contributed by atoms with Gasteiger partial charge in [-0.3, -0.25) is 9.59 Å². The molecule has 2 N–H and O–H groups in total. The Morgan fingerprint density at radius 3 is 2.77 bits per heavy atom. The molecule has 0 saturated carbocycles. The molecule has 0 radical (unpaired) electrons. The summed E-state index contributed by atoms with van der Waals surface area (Å²) in [4.78, 5) is 23.7. The van der Waals surface area contributed by atoms with Gasteiger partial charge >= 0.3 is 0 Å². The molecule has 2 amide bonds. The van der Waals surface area contributed by atoms with Crippen LogP contribution in [0.2, 0.25) is 0 Å². The molecule has 4 nitrogen and oxygen atoms in total. The van der Waals surface area contributed by atoms with E-state index in [1.165, 1.54) is 6.08 Å². The third kappa shape index (κ3) is 2.31. The zero-order valence-corrected chi connectivity index (χ0v) is 7.53. The van der Waals surface area contributed by atoms with Crippen LogP contribution in [0.5, 0.6) is 0 Å². The SMILES string of the molecule is C=CC(=O)N1CCC[C@H](C(N)=O)C1. The van der Waals surface area contributed by atoms with E-state index in [1.807, 2.05) is 0 Å². The smallest absolute Gasteiger partial charge is 0.245 e. The summed E-state index contributed by atoms with van der Waals surface area (Å²) < 4.78 is 0. The molecule has 0 aliphatic carbocycles. The minimum absolute atomic E-state index is 0.119. The van der Waals surface area contributed by atoms with Crippen LogP contribution in [-0.2, 0) is 9.59 Å². The van der Waals surface area contributed by atoms with Crippen LogP contribution >= 0.6 is 0 Å². The number of hydrogen-bond acceptors (Lipinski definition) is 2. The molecule has 0 aromatic carbocycles. The average molecular weight is 182 g/mol. The van der Waals surface area contributed by atoms with E-state index in [4.69, 9.17) is 5.73 Å². The van der Waals surface area contributed by atoms with Crippen molar-refractivity contribution in [1.82, 2.24) is 4.90 Å². The number of piperidine rings is 1. The van der Waals surface area contributed by atoms with Crippen molar-refractivity contribution in [3.05, 3.63) is 12.7 Å². The van der Waals surface area contributed by atoms with E-state index in [1.54, 1.807) is 4.90 Å². The molecule has 1 rings (SSSR count). The van der Waals surface area contributed by atoms with E-state index in [0.29, 0.717) is 13.1 Å². The highest BCUT2D eigenvalue weighted by Gasteiger charge is 2.25. The second kappa shape index (κ2) is 4.07. The molecule has 1 saturated heterocycles. The first kappa shape index (κ1) is 9.77. The Morgan fingerprint density at radius 2 is 2.23 bits per heavy atom. The predicted molar refractivity (Wildman–Crippen MR) is 48.7 cm³/mol. The second-order valence-corrected chi connectivity index (χ2v) is 3.23. The number of carbonyl (C=O) groups is 2. The van der Waals surface area contributed by atoms with Gasteiger partial charge in [0.05, 0.1) is 5.92 Å². The number of primary amides is 1. The van der Waals surface area contributed by atoms with Crippen LogP contribution in [0.3, 0.4) is 0 Å². The zero-order valence-electron chi connectivity index (χ0n) is 7.53. The Morgan fingerprint density at radius 1 is 1.54 bits per heavy atom. The molecule has 72 valence electrons. The fraction of sp³-hybridized carbons (Fsp3) is 0.556. The van der Waals surface area contributed by atoms with Gasteiger partial charge in [0.2, 0.25) is 11.8 Å². The molecule has 1 fully saturated rings. The standard InChI is InChI=1S/C9H14N2O2/c1-2-8(12)11-5-3-4-7(6-11)9(10)13/h2,7H,1,3-6H2,(H2,10,13)/t7-/m0/s1. The number of nitrogens with two attached hydrogens (primary N) is 1. The highest BCUT2D eigenvalue weighted by Crippen LogP contribution is 2.15. The summed E-state index contributed by atoms with van der Waals surface area (Å²) in [6.45, 7) is 4.55. The molecule has 1 aliphatic rings. The Hall–Kier alpha value is -1.32. The number of nitrogens with zero attached hydrogens (tertiary/aromatic N) is 1. The molecule has 0 aromatic rings. The molecule has 0 unspecified atom stereocenters. The van der Waals surface area contributed by atoms with E-state index in [2.05, 4.69) is 6.58 Å². The van der Waals surface area contributed by atoms with Crippen molar-refractivity contribution in [3.63, 3.8) is 0 Å². The van der Waals surface area contributed by atoms with Crippen molar-refractivity contribution in [2.24, 2.45) is 11.7 Å². The van der Waals surface area contributed by atoms with Crippen molar-refractivity contribution in [1.29, 1.82) is 0 Å². The lowest BCUT2D eigenvalue weighted by Crippen LogP contribution is -2.43. The first-order valence-electron chi connectivity index (χ1n) is 4.36. The average Bonchev–Trinajstić information content (AvgIpc) is 2.17. The summed E-state index contributed by atoms with van der Waals surface area (Å²) >= 11 is 0. The molecule has 0 bridgehead atoms. The van der Waals surface area contributed by atoms with Gasteiger partial charge in [-0.1, -0.05) is 6.58 Å². The van der Waals surface area contributed by atoms with Gasteiger partial charge in [0.15, 0.2) is 0 Å². The quantitative estimate of drug-likeness (QED) is 0.606. The summed E-state index contributed by atoms with van der Waals surface area (Å²) in [5.74, 6) is -0.620. The Bertz CT molecular complexity index is 238. The van der Waals surface area contributed by atoms with Crippen molar-refractivity contribution >= 4 is 11.8 Å². The molecule has 1 atom stereocenters. The van der Waals surface area contributed by atoms with Crippen LogP contribution < -0.4 is 5.73 Å². The Kier molecular flexibility index (Phi) is 3.06. The third-order valence-corrected chi connectivity index (χ3v) is 2.31. The van der Waals surface area contributed by atoms with Crippen molar-refractivity contribution in [2.45, 2.75) is 12.8 Å². The molecule has 13 heavy (non-hydrogen) atoms. The van der Waals surface area contributed by atoms with Crippen LogP contribution in [-0.4, -0.2) is 29.8 Å². The Balaban J connectivity index is 2.56. The molecule has 0 spiro atoms. The van der Waals surface area contributed by atoms with Gasteiger partial charge in [-0.25, -0.2) is 0 Å². The molecular formula is C9H14N2O2. The van der Waals surface area contributed by atoms with Crippen LogP contribution in [0.15, 0.2) is 12.7 Å². The fourth-order valence-electron chi connectivity index (χ4n) is 1.54. The summed E-state index contributed by atoms with van der Waals surface area (Å²) in [7, 11) is 0. The van der Waals surface area contributed by atoms with Crippen LogP contribution in [0.1, 0.15) is 12.8 Å². The minimum atomic E-state index is -0.318. The molecule has 4 heteroatoms. The van der Waals surface area contributed by atoms with Crippen LogP contribution in [0.4, 0.5) is 0 Å². The van der Waals surface area contributed by atoms with Gasteiger partial charge in [-0.2, -0.15) is 0 Å². The zero-order chi connectivity index (χ0) is 9.84. The number of rotatable bonds is 2. The van der Waals surface area contributed by atoms with E-state index >= 15 is 0 Å². The van der Waals surface area contributed by atoms with Gasteiger partial charge in [0, 0.05) is 13.1 Å². The third-order valence-electron chi connectivity index (χ3n) is 2.31. The van der Waals surface area contributed by atoms with E-state index < -0.39 is 0 Å². The summed E-state index contributed by atoms with van der Waals surface area (Å²) in [6.07, 6.45) is 2.90. The minimum Gasteiger partial charge on any atom is -0.369 e. The lowest BCUT2D eigenvalue weighted by atomic mass is 9.97. The number of amides is 2. The van der Waals surface area contributed by atoms with E-state index in [9.17, 15) is 9.59 Å². The lowest BCUT2D eigenvalue weighted by Gasteiger charge is -2.30. The van der Waals surface area contributed by atoms with Crippen molar-refractivity contribution in [2.75, 3.05) is 13.1 Å². The van der Waals surface area contributed by atoms with Gasteiger partial charge < -0.3 is 10.6 Å². The van der Waals surface area contributed by atoms with Gasteiger partial charge in [0.1, 0.15) is 0 Å². The largest absolute Gasteiger partial charge is 0.369 e. The molecule has 1 aliphatic heterocycles. The molecule has 1 heterocycles. The van der Waals surface area contributed by atoms with Gasteiger partial charge in [0.25, 0.3) is 0 Å². The second-order valence-electron chi connectivity index (χ2n) is 3.23. The van der Waals surface area contributed by atoms with Crippen molar-refractivity contribution < 1.29 is 9.59 Å². The number of likely N-dealkylation sites (tertiary alicyclic amines) is 1. The molecular weight excluding hydrogens is 168 g/mol. The fourth-order valence-corrected chi connectivity index (χ4v) is 1.54. The van der Waals surface area contributed by atoms with E-state index in [-0.39, 0.29) is 17.7 Å². The van der Waals surface area contributed by atoms with Crippen LogP contribution in [0, 0.1) is 5.92 Å². The summed E-state index contributed by atoms with van der Waals surface area (Å²) in [6, 6.07) is 0. The van der Waals surface area contributed by atoms with Gasteiger partial charge in [-0.05, 0) is 18.9 Å². The topological polar surface area (TPSA) is 63.4 Å². The van der Waals surface area contributed by atoms with Gasteiger partial charge in [-0.15, -0.1) is 0 Å². The molecule has 0 aromatic heterocycles. The van der Waals surface area contributed by atoms with Crippen molar-refractivity contribution in [3.8, 4) is 0 Å². The monoisotopic (exact) mass is 182 g/mol. The maximum atomic E-state index is 11.2. The maximum Gasteiger partial charge on any atom is 0.245 e. The first-order chi connectivity index (χ1) is 6.15.